The molecule has 8 heteroatoms. The van der Waals surface area contributed by atoms with Crippen LogP contribution in [0.15, 0.2) is 36.7 Å². The van der Waals surface area contributed by atoms with E-state index >= 15 is 0 Å². The van der Waals surface area contributed by atoms with Gasteiger partial charge in [0.25, 0.3) is 0 Å². The molecule has 1 saturated heterocycles. The predicted octanol–water partition coefficient (Wildman–Crippen LogP) is 3.81. The van der Waals surface area contributed by atoms with Crippen LogP contribution >= 0.6 is 0 Å². The summed E-state index contributed by atoms with van der Waals surface area (Å²) >= 11 is 0. The van der Waals surface area contributed by atoms with Crippen molar-refractivity contribution in [2.45, 2.75) is 63.6 Å². The number of carbonyl (C=O) groups is 1. The molecule has 1 aromatic carbocycles. The fraction of sp³-hybridized carbons (Fsp3) is 0.462. The van der Waals surface area contributed by atoms with Crippen molar-refractivity contribution in [3.05, 3.63) is 53.6 Å². The van der Waals surface area contributed by atoms with Crippen LogP contribution in [0.1, 0.15) is 43.2 Å². The Morgan fingerprint density at radius 2 is 2.06 bits per heavy atom. The van der Waals surface area contributed by atoms with Crippen LogP contribution in [0, 0.1) is 12.7 Å². The third-order valence-electron chi connectivity index (χ3n) is 7.21. The van der Waals surface area contributed by atoms with Crippen molar-refractivity contribution in [2.24, 2.45) is 5.73 Å². The molecular weight excluding hydrogens is 433 g/mol. The molecule has 1 aliphatic heterocycles. The number of pyridine rings is 1. The number of halogens is 1. The number of H-pyrrole nitrogens is 1. The monoisotopic (exact) mass is 465 g/mol. The maximum atomic E-state index is 14.8. The Hall–Kier alpha value is -2.97. The van der Waals surface area contributed by atoms with Gasteiger partial charge in [-0.25, -0.2) is 9.37 Å². The van der Waals surface area contributed by atoms with Crippen molar-refractivity contribution in [3.8, 4) is 11.5 Å². The molecule has 3 aromatic rings. The minimum Gasteiger partial charge on any atom is -0.453 e. The van der Waals surface area contributed by atoms with Gasteiger partial charge in [0.2, 0.25) is 5.91 Å². The number of hydrogen-bond donors (Lipinski definition) is 3. The summed E-state index contributed by atoms with van der Waals surface area (Å²) in [6.45, 7) is 4.00. The third kappa shape index (κ3) is 4.79. The van der Waals surface area contributed by atoms with E-state index < -0.39 is 11.9 Å². The number of rotatable bonds is 7. The minimum atomic E-state index is -0.724. The molecule has 1 amide bonds. The van der Waals surface area contributed by atoms with Gasteiger partial charge in [-0.1, -0.05) is 12.5 Å². The van der Waals surface area contributed by atoms with E-state index in [2.05, 4.69) is 20.2 Å². The second kappa shape index (κ2) is 9.72. The number of aromatic amines is 1. The summed E-state index contributed by atoms with van der Waals surface area (Å²) in [5.41, 5.74) is 8.49. The molecule has 1 saturated carbocycles. The number of likely N-dealkylation sites (tertiary alicyclic amines) is 1. The molecule has 34 heavy (non-hydrogen) atoms. The molecule has 7 nitrogen and oxygen atoms in total. The SMILES string of the molecule is Cc1c[nH]c2nccc(Oc3ccc(C[C@H](N)C(=O)NC4CCN(C5CCC5)CC4)cc3F)c12. The minimum absolute atomic E-state index is 0.119. The van der Waals surface area contributed by atoms with Crippen LogP contribution in [0.25, 0.3) is 11.0 Å². The topological polar surface area (TPSA) is 96.3 Å². The fourth-order valence-corrected chi connectivity index (χ4v) is 4.96. The van der Waals surface area contributed by atoms with E-state index in [4.69, 9.17) is 10.5 Å². The maximum Gasteiger partial charge on any atom is 0.237 e. The number of hydrogen-bond acceptors (Lipinski definition) is 5. The Morgan fingerprint density at radius 3 is 2.76 bits per heavy atom. The van der Waals surface area contributed by atoms with Crippen LogP contribution in [0.5, 0.6) is 11.5 Å². The lowest BCUT2D eigenvalue weighted by Gasteiger charge is -2.42. The molecule has 2 aliphatic rings. The maximum absolute atomic E-state index is 14.8. The molecule has 0 radical (unpaired) electrons. The highest BCUT2D eigenvalue weighted by molar-refractivity contribution is 5.86. The molecule has 1 aliphatic carbocycles. The predicted molar refractivity (Wildman–Crippen MR) is 129 cm³/mol. The van der Waals surface area contributed by atoms with E-state index in [1.165, 1.54) is 25.3 Å². The van der Waals surface area contributed by atoms with E-state index in [0.717, 1.165) is 42.9 Å². The average molecular weight is 466 g/mol. The summed E-state index contributed by atoms with van der Waals surface area (Å²) in [5.74, 6) is -0.0144. The number of nitrogens with zero attached hydrogens (tertiary/aromatic N) is 2. The van der Waals surface area contributed by atoms with Crippen LogP contribution < -0.4 is 15.8 Å². The summed E-state index contributed by atoms with van der Waals surface area (Å²) in [6, 6.07) is 6.63. The number of benzene rings is 1. The number of amides is 1. The molecule has 3 heterocycles. The molecule has 0 unspecified atom stereocenters. The summed E-state index contributed by atoms with van der Waals surface area (Å²) in [4.78, 5) is 22.5. The Labute approximate surface area is 198 Å². The molecule has 1 atom stereocenters. The van der Waals surface area contributed by atoms with Crippen LogP contribution in [0.4, 0.5) is 4.39 Å². The van der Waals surface area contributed by atoms with Crippen LogP contribution in [-0.2, 0) is 11.2 Å². The quantitative estimate of drug-likeness (QED) is 0.493. The van der Waals surface area contributed by atoms with E-state index in [-0.39, 0.29) is 24.1 Å². The van der Waals surface area contributed by atoms with Gasteiger partial charge in [0.1, 0.15) is 11.4 Å². The van der Waals surface area contributed by atoms with Crippen molar-refractivity contribution >= 4 is 16.9 Å². The highest BCUT2D eigenvalue weighted by Crippen LogP contribution is 2.32. The number of piperidine rings is 1. The normalized spacial score (nSPS) is 18.6. The molecule has 4 N–H and O–H groups in total. The van der Waals surface area contributed by atoms with Gasteiger partial charge in [0.05, 0.1) is 11.4 Å². The van der Waals surface area contributed by atoms with Crippen molar-refractivity contribution < 1.29 is 13.9 Å². The lowest BCUT2D eigenvalue weighted by molar-refractivity contribution is -0.123. The molecule has 0 bridgehead atoms. The zero-order valence-corrected chi connectivity index (χ0v) is 19.5. The first-order valence-corrected chi connectivity index (χ1v) is 12.2. The number of ether oxygens (including phenoxy) is 1. The van der Waals surface area contributed by atoms with Crippen LogP contribution in [0.2, 0.25) is 0 Å². The lowest BCUT2D eigenvalue weighted by Crippen LogP contribution is -2.52. The second-order valence-electron chi connectivity index (χ2n) is 9.59. The van der Waals surface area contributed by atoms with Gasteiger partial charge >= 0.3 is 0 Å². The van der Waals surface area contributed by atoms with Gasteiger partial charge in [0.15, 0.2) is 11.6 Å². The molecular formula is C26H32FN5O2. The zero-order chi connectivity index (χ0) is 23.7. The Bertz CT molecular complexity index is 1170. The summed E-state index contributed by atoms with van der Waals surface area (Å²) in [6.07, 6.45) is 9.59. The highest BCUT2D eigenvalue weighted by atomic mass is 19.1. The highest BCUT2D eigenvalue weighted by Gasteiger charge is 2.29. The smallest absolute Gasteiger partial charge is 0.237 e. The second-order valence-corrected chi connectivity index (χ2v) is 9.59. The van der Waals surface area contributed by atoms with E-state index in [1.54, 1.807) is 24.4 Å². The molecule has 5 rings (SSSR count). The van der Waals surface area contributed by atoms with Crippen molar-refractivity contribution in [3.63, 3.8) is 0 Å². The van der Waals surface area contributed by atoms with Gasteiger partial charge in [0, 0.05) is 37.6 Å². The van der Waals surface area contributed by atoms with E-state index in [0.29, 0.717) is 17.0 Å². The number of carbonyl (C=O) groups excluding carboxylic acids is 1. The number of nitrogens with two attached hydrogens (primary N) is 1. The summed E-state index contributed by atoms with van der Waals surface area (Å²) in [7, 11) is 0. The number of nitrogens with one attached hydrogen (secondary N) is 2. The molecule has 180 valence electrons. The fourth-order valence-electron chi connectivity index (χ4n) is 4.96. The Balaban J connectivity index is 1.16. The van der Waals surface area contributed by atoms with E-state index in [9.17, 15) is 9.18 Å². The first-order chi connectivity index (χ1) is 16.5. The van der Waals surface area contributed by atoms with Crippen molar-refractivity contribution in [2.75, 3.05) is 13.1 Å². The van der Waals surface area contributed by atoms with Crippen molar-refractivity contribution in [1.29, 1.82) is 0 Å². The average Bonchev–Trinajstić information content (AvgIpc) is 3.17. The van der Waals surface area contributed by atoms with E-state index in [1.807, 2.05) is 13.1 Å². The molecule has 2 aromatic heterocycles. The van der Waals surface area contributed by atoms with Gasteiger partial charge in [-0.3, -0.25) is 4.79 Å². The van der Waals surface area contributed by atoms with Crippen molar-refractivity contribution in [1.82, 2.24) is 20.2 Å². The molecule has 2 fully saturated rings. The summed E-state index contributed by atoms with van der Waals surface area (Å²) in [5, 5.41) is 3.92. The lowest BCUT2D eigenvalue weighted by atomic mass is 9.89. The summed E-state index contributed by atoms with van der Waals surface area (Å²) < 4.78 is 20.7. The van der Waals surface area contributed by atoms with Crippen LogP contribution in [-0.4, -0.2) is 52.0 Å². The first kappa shape index (κ1) is 22.8. The zero-order valence-electron chi connectivity index (χ0n) is 19.5. The number of aromatic nitrogens is 2. The first-order valence-electron chi connectivity index (χ1n) is 12.2. The Morgan fingerprint density at radius 1 is 1.26 bits per heavy atom. The Kier molecular flexibility index (Phi) is 6.52. The largest absolute Gasteiger partial charge is 0.453 e. The van der Waals surface area contributed by atoms with Gasteiger partial charge in [-0.15, -0.1) is 0 Å². The number of fused-ring (bicyclic) bond motifs is 1. The van der Waals surface area contributed by atoms with Gasteiger partial charge in [-0.2, -0.15) is 0 Å². The standard InChI is InChI=1S/C26H32FN5O2/c1-16-15-30-25-24(16)23(7-10-29-25)34-22-6-5-17(13-20(22)27)14-21(28)26(33)31-18-8-11-32(12-9-18)19-3-2-4-19/h5-7,10,13,15,18-19,21H,2-4,8-9,11-12,14,28H2,1H3,(H,29,30)(H,31,33)/t21-/m0/s1. The van der Waals surface area contributed by atoms with Gasteiger partial charge in [-0.05, 0) is 68.4 Å². The third-order valence-corrected chi connectivity index (χ3v) is 7.21. The molecule has 0 spiro atoms. The number of aryl methyl sites for hydroxylation is 1. The van der Waals surface area contributed by atoms with Crippen LogP contribution in [0.3, 0.4) is 0 Å². The van der Waals surface area contributed by atoms with Gasteiger partial charge < -0.3 is 25.7 Å².